The van der Waals surface area contributed by atoms with Crippen LogP contribution in [-0.4, -0.2) is 12.1 Å². The van der Waals surface area contributed by atoms with Crippen molar-refractivity contribution in [2.45, 2.75) is 97.0 Å². The van der Waals surface area contributed by atoms with Crippen LogP contribution in [0.15, 0.2) is 12.1 Å². The van der Waals surface area contributed by atoms with Crippen LogP contribution in [0, 0.1) is 29.4 Å². The predicted octanol–water partition coefficient (Wildman–Crippen LogP) is 7.24. The maximum atomic E-state index is 14.3. The number of rotatable bonds is 7. The Morgan fingerprint density at radius 1 is 0.897 bits per heavy atom. The summed E-state index contributed by atoms with van der Waals surface area (Å²) in [5.41, 5.74) is 0.0365. The molecule has 0 aromatic heterocycles. The number of carbonyl (C=O) groups is 1. The lowest BCUT2D eigenvalue weighted by molar-refractivity contribution is 0.0104. The van der Waals surface area contributed by atoms with Crippen molar-refractivity contribution in [2.75, 3.05) is 0 Å². The minimum atomic E-state index is -1.07. The Balaban J connectivity index is 1.48. The van der Waals surface area contributed by atoms with Gasteiger partial charge in [0, 0.05) is 0 Å². The average molecular weight is 407 g/mol. The quantitative estimate of drug-likeness (QED) is 0.446. The fraction of sp³-hybridized carbons (Fsp3) is 0.720. The molecule has 0 heterocycles. The molecule has 0 aliphatic heterocycles. The molecule has 2 aliphatic rings. The third-order valence-corrected chi connectivity index (χ3v) is 7.15. The highest BCUT2D eigenvalue weighted by Crippen LogP contribution is 2.41. The van der Waals surface area contributed by atoms with Gasteiger partial charge in [-0.05, 0) is 74.3 Å². The molecule has 1 aromatic rings. The largest absolute Gasteiger partial charge is 0.459 e. The molecule has 2 fully saturated rings. The Morgan fingerprint density at radius 3 is 2.10 bits per heavy atom. The van der Waals surface area contributed by atoms with Gasteiger partial charge in [0.05, 0.1) is 5.56 Å². The summed E-state index contributed by atoms with van der Waals surface area (Å²) in [4.78, 5) is 12.4. The van der Waals surface area contributed by atoms with Gasteiger partial charge in [-0.1, -0.05) is 52.0 Å². The highest BCUT2D eigenvalue weighted by Gasteiger charge is 2.32. The number of ether oxygens (including phenoxy) is 1. The second kappa shape index (κ2) is 10.5. The van der Waals surface area contributed by atoms with Gasteiger partial charge in [-0.2, -0.15) is 0 Å². The molecular weight excluding hydrogens is 370 g/mol. The minimum absolute atomic E-state index is 0.173. The summed E-state index contributed by atoms with van der Waals surface area (Å²) in [6, 6.07) is 2.87. The smallest absolute Gasteiger partial charge is 0.341 e. The third kappa shape index (κ3) is 5.58. The topological polar surface area (TPSA) is 26.3 Å². The summed E-state index contributed by atoms with van der Waals surface area (Å²) in [7, 11) is 0. The van der Waals surface area contributed by atoms with Gasteiger partial charge in [-0.3, -0.25) is 0 Å². The van der Waals surface area contributed by atoms with E-state index in [1.54, 1.807) is 0 Å². The van der Waals surface area contributed by atoms with E-state index in [1.807, 2.05) is 6.92 Å². The number of hydrogen-bond donors (Lipinski definition) is 0. The average Bonchev–Trinajstić information content (AvgIpc) is 2.73. The summed E-state index contributed by atoms with van der Waals surface area (Å²) >= 11 is 0. The first kappa shape index (κ1) is 22.2. The van der Waals surface area contributed by atoms with E-state index in [0.717, 1.165) is 49.9 Å². The second-order valence-electron chi connectivity index (χ2n) is 9.16. The molecule has 0 radical (unpaired) electrons. The van der Waals surface area contributed by atoms with Crippen molar-refractivity contribution in [3.63, 3.8) is 0 Å². The Morgan fingerprint density at radius 2 is 1.52 bits per heavy atom. The zero-order valence-corrected chi connectivity index (χ0v) is 18.0. The van der Waals surface area contributed by atoms with Gasteiger partial charge in [-0.15, -0.1) is 0 Å². The highest BCUT2D eigenvalue weighted by molar-refractivity contribution is 5.90. The predicted molar refractivity (Wildman–Crippen MR) is 112 cm³/mol. The van der Waals surface area contributed by atoms with Crippen molar-refractivity contribution in [3.05, 3.63) is 34.9 Å². The number of hydrogen-bond acceptors (Lipinski definition) is 2. The zero-order chi connectivity index (χ0) is 20.8. The minimum Gasteiger partial charge on any atom is -0.459 e. The van der Waals surface area contributed by atoms with Crippen LogP contribution in [0.1, 0.15) is 100 Å². The van der Waals surface area contributed by atoms with Gasteiger partial charge in [0.2, 0.25) is 0 Å². The lowest BCUT2D eigenvalue weighted by Gasteiger charge is -2.37. The molecule has 0 atom stereocenters. The van der Waals surface area contributed by atoms with E-state index in [-0.39, 0.29) is 11.7 Å². The summed E-state index contributed by atoms with van der Waals surface area (Å²) in [5, 5.41) is 0. The van der Waals surface area contributed by atoms with Crippen molar-refractivity contribution in [3.8, 4) is 0 Å². The van der Waals surface area contributed by atoms with E-state index in [1.165, 1.54) is 50.7 Å². The maximum Gasteiger partial charge on any atom is 0.341 e. The van der Waals surface area contributed by atoms with Gasteiger partial charge < -0.3 is 4.74 Å². The highest BCUT2D eigenvalue weighted by atomic mass is 19.2. The molecule has 4 heteroatoms. The standard InChI is InChI=1S/C25H36F2O2/c1-3-5-17-7-9-18(10-8-17)19-11-14-21(15-12-19)29-25(28)22-16-13-20(6-4-2)23(26)24(22)27/h13,16-19,21H,3-12,14-15H2,1-2H3/t17-,18-,19-,21-. The molecule has 0 spiro atoms. The summed E-state index contributed by atoms with van der Waals surface area (Å²) in [6.07, 6.45) is 12.9. The van der Waals surface area contributed by atoms with Crippen LogP contribution in [0.2, 0.25) is 0 Å². The van der Waals surface area contributed by atoms with Crippen LogP contribution >= 0.6 is 0 Å². The normalized spacial score (nSPS) is 27.6. The van der Waals surface area contributed by atoms with Crippen molar-refractivity contribution in [1.29, 1.82) is 0 Å². The number of aryl methyl sites for hydroxylation is 1. The van der Waals surface area contributed by atoms with Crippen molar-refractivity contribution >= 4 is 5.97 Å². The van der Waals surface area contributed by atoms with Crippen LogP contribution < -0.4 is 0 Å². The lowest BCUT2D eigenvalue weighted by Crippen LogP contribution is -2.30. The van der Waals surface area contributed by atoms with Gasteiger partial charge in [-0.25, -0.2) is 13.6 Å². The van der Waals surface area contributed by atoms with Crippen LogP contribution in [0.25, 0.3) is 0 Å². The van der Waals surface area contributed by atoms with Gasteiger partial charge >= 0.3 is 5.97 Å². The van der Waals surface area contributed by atoms with E-state index in [9.17, 15) is 13.6 Å². The van der Waals surface area contributed by atoms with E-state index in [0.29, 0.717) is 12.0 Å². The van der Waals surface area contributed by atoms with E-state index in [4.69, 9.17) is 4.74 Å². The van der Waals surface area contributed by atoms with E-state index >= 15 is 0 Å². The molecule has 29 heavy (non-hydrogen) atoms. The zero-order valence-electron chi connectivity index (χ0n) is 18.0. The fourth-order valence-electron chi connectivity index (χ4n) is 5.46. The first-order chi connectivity index (χ1) is 14.0. The molecule has 0 amide bonds. The lowest BCUT2D eigenvalue weighted by atomic mass is 9.70. The molecule has 2 aliphatic carbocycles. The molecule has 3 rings (SSSR count). The second-order valence-corrected chi connectivity index (χ2v) is 9.16. The van der Waals surface area contributed by atoms with Crippen LogP contribution in [-0.2, 0) is 11.2 Å². The third-order valence-electron chi connectivity index (χ3n) is 7.15. The van der Waals surface area contributed by atoms with E-state index in [2.05, 4.69) is 6.92 Å². The Hall–Kier alpha value is -1.45. The van der Waals surface area contributed by atoms with Crippen LogP contribution in [0.3, 0.4) is 0 Å². The number of benzene rings is 1. The van der Waals surface area contributed by atoms with Crippen molar-refractivity contribution < 1.29 is 18.3 Å². The van der Waals surface area contributed by atoms with Crippen molar-refractivity contribution in [1.82, 2.24) is 0 Å². The number of halogens is 2. The first-order valence-corrected chi connectivity index (χ1v) is 11.7. The molecule has 0 saturated heterocycles. The first-order valence-electron chi connectivity index (χ1n) is 11.7. The molecule has 1 aromatic carbocycles. The van der Waals surface area contributed by atoms with E-state index < -0.39 is 17.6 Å². The molecule has 2 nitrogen and oxygen atoms in total. The monoisotopic (exact) mass is 406 g/mol. The summed E-state index contributed by atoms with van der Waals surface area (Å²) < 4.78 is 34.0. The van der Waals surface area contributed by atoms with Crippen LogP contribution in [0.5, 0.6) is 0 Å². The Labute approximate surface area is 174 Å². The Kier molecular flexibility index (Phi) is 8.08. The summed E-state index contributed by atoms with van der Waals surface area (Å²) in [5.74, 6) is -0.241. The molecular formula is C25H36F2O2. The van der Waals surface area contributed by atoms with Gasteiger partial charge in [0.25, 0.3) is 0 Å². The Bertz CT molecular complexity index is 672. The maximum absolute atomic E-state index is 14.3. The molecule has 0 unspecified atom stereocenters. The fourth-order valence-corrected chi connectivity index (χ4v) is 5.46. The van der Waals surface area contributed by atoms with Gasteiger partial charge in [0.1, 0.15) is 6.10 Å². The molecule has 2 saturated carbocycles. The number of carbonyl (C=O) groups excluding carboxylic acids is 1. The molecule has 0 bridgehead atoms. The van der Waals surface area contributed by atoms with Crippen LogP contribution in [0.4, 0.5) is 8.78 Å². The molecule has 0 N–H and O–H groups in total. The SMILES string of the molecule is CCCc1ccc(C(=O)O[C@H]2CC[C@H]([C@H]3CC[C@H](CCC)CC3)CC2)c(F)c1F. The van der Waals surface area contributed by atoms with Crippen molar-refractivity contribution in [2.24, 2.45) is 17.8 Å². The number of esters is 1. The molecule has 162 valence electrons. The van der Waals surface area contributed by atoms with Gasteiger partial charge in [0.15, 0.2) is 11.6 Å². The summed E-state index contributed by atoms with van der Waals surface area (Å²) in [6.45, 7) is 4.18.